The Kier molecular flexibility index (Phi) is 6.51. The number of aliphatic carboxylic acids is 1. The van der Waals surface area contributed by atoms with E-state index in [0.29, 0.717) is 17.3 Å². The second-order valence-electron chi connectivity index (χ2n) is 10.8. The van der Waals surface area contributed by atoms with Crippen molar-refractivity contribution in [3.63, 3.8) is 0 Å². The molecule has 5 rings (SSSR count). The Morgan fingerprint density at radius 2 is 1.87 bits per heavy atom. The molecule has 3 heterocycles. The highest BCUT2D eigenvalue weighted by molar-refractivity contribution is 5.82. The lowest BCUT2D eigenvalue weighted by molar-refractivity contribution is -0.148. The summed E-state index contributed by atoms with van der Waals surface area (Å²) >= 11 is 0. The van der Waals surface area contributed by atoms with Crippen LogP contribution in [0.25, 0.3) is 28.1 Å². The van der Waals surface area contributed by atoms with Crippen molar-refractivity contribution >= 4 is 23.0 Å². The maximum atomic E-state index is 11.5. The van der Waals surface area contributed by atoms with E-state index >= 15 is 0 Å². The minimum atomic E-state index is -1.03. The normalized spacial score (nSPS) is 12.1. The lowest BCUT2D eigenvalue weighted by Crippen LogP contribution is -2.30. The highest BCUT2D eigenvalue weighted by atomic mass is 16.5. The van der Waals surface area contributed by atoms with Crippen LogP contribution in [-0.2, 0) is 16.6 Å². The average Bonchev–Trinajstić information content (AvgIpc) is 3.58. The molecule has 39 heavy (non-hydrogen) atoms. The molecule has 0 saturated carbocycles. The molecule has 0 aliphatic heterocycles. The fraction of sp³-hybridized carbons (Fsp3) is 0.286. The summed E-state index contributed by atoms with van der Waals surface area (Å²) in [6.07, 6.45) is 7.31. The molecule has 200 valence electrons. The third-order valence-corrected chi connectivity index (χ3v) is 6.70. The second kappa shape index (κ2) is 9.82. The number of anilines is 1. The Labute approximate surface area is 225 Å². The van der Waals surface area contributed by atoms with Gasteiger partial charge in [-0.25, -0.2) is 24.6 Å². The van der Waals surface area contributed by atoms with Crippen LogP contribution in [0, 0.1) is 5.41 Å². The zero-order valence-corrected chi connectivity index (χ0v) is 22.2. The van der Waals surface area contributed by atoms with Crippen LogP contribution in [0.5, 0.6) is 5.75 Å². The predicted molar refractivity (Wildman–Crippen MR) is 147 cm³/mol. The third-order valence-electron chi connectivity index (χ3n) is 6.70. The molecule has 0 fully saturated rings. The van der Waals surface area contributed by atoms with Crippen molar-refractivity contribution in [2.75, 3.05) is 12.3 Å². The minimum Gasteiger partial charge on any atom is -0.492 e. The van der Waals surface area contributed by atoms with Gasteiger partial charge in [-0.1, -0.05) is 19.9 Å². The zero-order chi connectivity index (χ0) is 27.8. The number of H-pyrrole nitrogens is 1. The molecule has 0 amide bonds. The first-order valence-electron chi connectivity index (χ1n) is 12.4. The van der Waals surface area contributed by atoms with Crippen molar-refractivity contribution in [2.24, 2.45) is 5.41 Å². The van der Waals surface area contributed by atoms with Crippen molar-refractivity contribution in [2.45, 2.75) is 39.5 Å². The number of nitrogens with two attached hydrogens (primary N) is 1. The first kappa shape index (κ1) is 25.8. The molecule has 0 radical (unpaired) electrons. The van der Waals surface area contributed by atoms with Gasteiger partial charge in [0.15, 0.2) is 0 Å². The van der Waals surface area contributed by atoms with E-state index in [1.807, 2.05) is 12.1 Å². The fourth-order valence-corrected chi connectivity index (χ4v) is 4.28. The molecule has 0 spiro atoms. The molecule has 0 aliphatic rings. The summed E-state index contributed by atoms with van der Waals surface area (Å²) in [5.74, 6) is 0.513. The molecule has 4 N–H and O–H groups in total. The molecule has 11 nitrogen and oxygen atoms in total. The summed E-state index contributed by atoms with van der Waals surface area (Å²) in [4.78, 5) is 32.1. The SMILES string of the molecule is CC(C)(COc1ccc(-c2nc3ccc(C(C)(C)Cc4cnc(N)nc4)cc3[nH]2)c(-n2cncn2)c1)C(=O)O. The van der Waals surface area contributed by atoms with E-state index in [9.17, 15) is 9.90 Å². The standard InChI is InChI=1S/C28H30N8O3/c1-27(2,11-17-12-31-26(29)32-13-17)18-5-8-21-22(9-18)35-24(34-21)20-7-6-19(39-14-28(3,4)25(37)38)10-23(20)36-16-30-15-33-36/h5-10,12-13,15-16H,11,14H2,1-4H3,(H,34,35)(H,37,38)(H2,29,31,32). The van der Waals surface area contributed by atoms with Gasteiger partial charge in [0.25, 0.3) is 0 Å². The van der Waals surface area contributed by atoms with Crippen molar-refractivity contribution < 1.29 is 14.6 Å². The summed E-state index contributed by atoms with van der Waals surface area (Å²) in [5, 5.41) is 13.7. The summed E-state index contributed by atoms with van der Waals surface area (Å²) in [6, 6.07) is 11.7. The minimum absolute atomic E-state index is 0.0180. The van der Waals surface area contributed by atoms with Gasteiger partial charge in [0.1, 0.15) is 30.8 Å². The zero-order valence-electron chi connectivity index (χ0n) is 22.2. The Morgan fingerprint density at radius 1 is 1.10 bits per heavy atom. The molecule has 11 heteroatoms. The Balaban J connectivity index is 1.47. The lowest BCUT2D eigenvalue weighted by Gasteiger charge is -2.25. The smallest absolute Gasteiger partial charge is 0.312 e. The van der Waals surface area contributed by atoms with Gasteiger partial charge in [-0.3, -0.25) is 4.79 Å². The van der Waals surface area contributed by atoms with Crippen LogP contribution in [0.2, 0.25) is 0 Å². The first-order valence-corrected chi connectivity index (χ1v) is 12.4. The maximum absolute atomic E-state index is 11.5. The molecule has 0 bridgehead atoms. The van der Waals surface area contributed by atoms with Crippen LogP contribution in [-0.4, -0.2) is 52.4 Å². The number of carboxylic acid groups (broad SMARTS) is 1. The Morgan fingerprint density at radius 3 is 2.56 bits per heavy atom. The summed E-state index contributed by atoms with van der Waals surface area (Å²) in [7, 11) is 0. The van der Waals surface area contributed by atoms with Crippen LogP contribution < -0.4 is 10.5 Å². The largest absolute Gasteiger partial charge is 0.492 e. The number of imidazole rings is 1. The number of nitrogens with one attached hydrogen (secondary N) is 1. The third kappa shape index (κ3) is 5.42. The van der Waals surface area contributed by atoms with Crippen LogP contribution in [0.15, 0.2) is 61.4 Å². The van der Waals surface area contributed by atoms with E-state index in [4.69, 9.17) is 15.5 Å². The molecule has 0 unspecified atom stereocenters. The van der Waals surface area contributed by atoms with E-state index in [-0.39, 0.29) is 18.0 Å². The number of benzene rings is 2. The number of hydrogen-bond donors (Lipinski definition) is 3. The van der Waals surface area contributed by atoms with Gasteiger partial charge in [-0.05, 0) is 61.1 Å². The highest BCUT2D eigenvalue weighted by Crippen LogP contribution is 2.33. The predicted octanol–water partition coefficient (Wildman–Crippen LogP) is 4.19. The highest BCUT2D eigenvalue weighted by Gasteiger charge is 2.28. The summed E-state index contributed by atoms with van der Waals surface area (Å²) in [6.45, 7) is 7.61. The summed E-state index contributed by atoms with van der Waals surface area (Å²) in [5.41, 5.74) is 9.78. The Hall–Kier alpha value is -4.80. The van der Waals surface area contributed by atoms with Crippen molar-refractivity contribution in [3.05, 3.63) is 72.6 Å². The van der Waals surface area contributed by atoms with Gasteiger partial charge in [-0.15, -0.1) is 0 Å². The van der Waals surface area contributed by atoms with Crippen LogP contribution in [0.1, 0.15) is 38.8 Å². The van der Waals surface area contributed by atoms with Gasteiger partial charge in [0.2, 0.25) is 5.95 Å². The number of aromatic nitrogens is 7. The second-order valence-corrected chi connectivity index (χ2v) is 10.8. The van der Waals surface area contributed by atoms with Gasteiger partial charge >= 0.3 is 5.97 Å². The average molecular weight is 527 g/mol. The summed E-state index contributed by atoms with van der Waals surface area (Å²) < 4.78 is 7.47. The number of ether oxygens (including phenoxy) is 1. The topological polar surface area (TPSA) is 158 Å². The molecule has 2 aromatic carbocycles. The van der Waals surface area contributed by atoms with Gasteiger partial charge in [0, 0.05) is 24.0 Å². The number of aromatic amines is 1. The van der Waals surface area contributed by atoms with Crippen LogP contribution >= 0.6 is 0 Å². The number of rotatable bonds is 9. The van der Waals surface area contributed by atoms with Crippen molar-refractivity contribution in [3.8, 4) is 22.8 Å². The number of fused-ring (bicyclic) bond motifs is 1. The quantitative estimate of drug-likeness (QED) is 0.256. The molecule has 3 aromatic heterocycles. The van der Waals surface area contributed by atoms with Crippen LogP contribution in [0.4, 0.5) is 5.95 Å². The van der Waals surface area contributed by atoms with Gasteiger partial charge < -0.3 is 20.6 Å². The van der Waals surface area contributed by atoms with Crippen LogP contribution in [0.3, 0.4) is 0 Å². The van der Waals surface area contributed by atoms with E-state index in [2.05, 4.69) is 51.0 Å². The van der Waals surface area contributed by atoms with E-state index in [0.717, 1.165) is 34.1 Å². The lowest BCUT2D eigenvalue weighted by atomic mass is 9.79. The number of carbonyl (C=O) groups is 1. The van der Waals surface area contributed by atoms with Crippen molar-refractivity contribution in [1.29, 1.82) is 0 Å². The molecule has 0 saturated heterocycles. The van der Waals surface area contributed by atoms with Gasteiger partial charge in [0.05, 0.1) is 22.1 Å². The first-order chi connectivity index (χ1) is 18.5. The molecule has 5 aromatic rings. The van der Waals surface area contributed by atoms with E-state index < -0.39 is 11.4 Å². The number of hydrogen-bond acceptors (Lipinski definition) is 8. The van der Waals surface area contributed by atoms with Crippen molar-refractivity contribution in [1.82, 2.24) is 34.7 Å². The molecule has 0 aliphatic carbocycles. The Bertz CT molecular complexity index is 1620. The fourth-order valence-electron chi connectivity index (χ4n) is 4.28. The molecular formula is C28H30N8O3. The molecular weight excluding hydrogens is 496 g/mol. The number of nitrogens with zero attached hydrogens (tertiary/aromatic N) is 6. The maximum Gasteiger partial charge on any atom is 0.312 e. The monoisotopic (exact) mass is 526 g/mol. The van der Waals surface area contributed by atoms with E-state index in [1.165, 1.54) is 6.33 Å². The number of nitrogen functional groups attached to an aromatic ring is 1. The van der Waals surface area contributed by atoms with Gasteiger partial charge in [-0.2, -0.15) is 5.10 Å². The molecule has 0 atom stereocenters. The van der Waals surface area contributed by atoms with E-state index in [1.54, 1.807) is 49.4 Å². The number of carboxylic acids is 1.